The highest BCUT2D eigenvalue weighted by molar-refractivity contribution is 5.62. The molecule has 0 N–H and O–H groups in total. The van der Waals surface area contributed by atoms with Crippen LogP contribution in [0.3, 0.4) is 0 Å². The number of aryl methyl sites for hydroxylation is 1. The molecule has 0 spiro atoms. The standard InChI is InChI=1S/C16H14O/c1-12-6-5-9-14-10-11-15(17-16(12)14)13-7-3-2-4-8-13/h2-11,15H,1H3/t15-/m0/s1. The average Bonchev–Trinajstić information content (AvgIpc) is 2.40. The molecule has 0 amide bonds. The molecule has 1 heteroatoms. The molecule has 2 aromatic rings. The summed E-state index contributed by atoms with van der Waals surface area (Å²) in [6.07, 6.45) is 4.28. The summed E-state index contributed by atoms with van der Waals surface area (Å²) in [4.78, 5) is 0. The zero-order valence-electron chi connectivity index (χ0n) is 9.76. The summed E-state index contributed by atoms with van der Waals surface area (Å²) in [5.41, 5.74) is 3.54. The van der Waals surface area contributed by atoms with Crippen molar-refractivity contribution in [3.05, 3.63) is 71.3 Å². The van der Waals surface area contributed by atoms with Crippen LogP contribution < -0.4 is 4.74 Å². The smallest absolute Gasteiger partial charge is 0.142 e. The van der Waals surface area contributed by atoms with Crippen molar-refractivity contribution in [2.45, 2.75) is 13.0 Å². The van der Waals surface area contributed by atoms with Crippen LogP contribution in [0, 0.1) is 6.92 Å². The van der Waals surface area contributed by atoms with Crippen molar-refractivity contribution in [3.8, 4) is 5.75 Å². The van der Waals surface area contributed by atoms with Gasteiger partial charge in [-0.05, 0) is 24.1 Å². The minimum Gasteiger partial charge on any atom is -0.481 e. The van der Waals surface area contributed by atoms with E-state index in [0.717, 1.165) is 11.3 Å². The van der Waals surface area contributed by atoms with Gasteiger partial charge in [-0.25, -0.2) is 0 Å². The topological polar surface area (TPSA) is 9.23 Å². The molecule has 1 atom stereocenters. The van der Waals surface area contributed by atoms with Gasteiger partial charge in [0.1, 0.15) is 11.9 Å². The van der Waals surface area contributed by atoms with E-state index in [9.17, 15) is 0 Å². The van der Waals surface area contributed by atoms with E-state index in [2.05, 4.69) is 49.4 Å². The summed E-state index contributed by atoms with van der Waals surface area (Å²) >= 11 is 0. The highest BCUT2D eigenvalue weighted by atomic mass is 16.5. The van der Waals surface area contributed by atoms with Gasteiger partial charge in [0, 0.05) is 5.56 Å². The predicted octanol–water partition coefficient (Wildman–Crippen LogP) is 4.14. The van der Waals surface area contributed by atoms with E-state index in [0.29, 0.717) is 0 Å². The van der Waals surface area contributed by atoms with Crippen molar-refractivity contribution in [1.29, 1.82) is 0 Å². The molecule has 2 aromatic carbocycles. The van der Waals surface area contributed by atoms with Crippen molar-refractivity contribution in [1.82, 2.24) is 0 Å². The van der Waals surface area contributed by atoms with Gasteiger partial charge in [-0.15, -0.1) is 0 Å². The molecule has 1 aliphatic heterocycles. The van der Waals surface area contributed by atoms with Crippen LogP contribution in [0.15, 0.2) is 54.6 Å². The van der Waals surface area contributed by atoms with Gasteiger partial charge in [0.25, 0.3) is 0 Å². The fraction of sp³-hybridized carbons (Fsp3) is 0.125. The van der Waals surface area contributed by atoms with E-state index in [1.54, 1.807) is 0 Å². The van der Waals surface area contributed by atoms with Crippen LogP contribution in [0.25, 0.3) is 6.08 Å². The zero-order chi connectivity index (χ0) is 11.7. The van der Waals surface area contributed by atoms with Gasteiger partial charge in [-0.2, -0.15) is 0 Å². The Morgan fingerprint density at radius 3 is 2.59 bits per heavy atom. The molecular weight excluding hydrogens is 208 g/mol. The molecule has 0 aromatic heterocycles. The Hall–Kier alpha value is -2.02. The molecule has 0 radical (unpaired) electrons. The second-order valence-corrected chi connectivity index (χ2v) is 4.30. The van der Waals surface area contributed by atoms with Crippen LogP contribution in [0.5, 0.6) is 5.75 Å². The SMILES string of the molecule is Cc1cccc2c1O[C@H](c1ccccc1)C=C2. The van der Waals surface area contributed by atoms with Gasteiger partial charge in [0.2, 0.25) is 0 Å². The molecular formula is C16H14O. The molecule has 84 valence electrons. The number of para-hydroxylation sites is 1. The van der Waals surface area contributed by atoms with E-state index in [1.165, 1.54) is 11.1 Å². The van der Waals surface area contributed by atoms with Crippen molar-refractivity contribution < 1.29 is 4.74 Å². The highest BCUT2D eigenvalue weighted by Crippen LogP contribution is 2.34. The molecule has 0 bridgehead atoms. The first-order chi connectivity index (χ1) is 8.34. The number of hydrogen-bond donors (Lipinski definition) is 0. The van der Waals surface area contributed by atoms with Gasteiger partial charge in [0.15, 0.2) is 0 Å². The van der Waals surface area contributed by atoms with E-state index in [1.807, 2.05) is 18.2 Å². The maximum absolute atomic E-state index is 6.06. The van der Waals surface area contributed by atoms with Crippen LogP contribution in [0.2, 0.25) is 0 Å². The van der Waals surface area contributed by atoms with Crippen LogP contribution in [-0.4, -0.2) is 0 Å². The maximum Gasteiger partial charge on any atom is 0.142 e. The summed E-state index contributed by atoms with van der Waals surface area (Å²) in [6.45, 7) is 2.08. The van der Waals surface area contributed by atoms with E-state index in [-0.39, 0.29) is 6.10 Å². The van der Waals surface area contributed by atoms with E-state index < -0.39 is 0 Å². The zero-order valence-corrected chi connectivity index (χ0v) is 9.76. The monoisotopic (exact) mass is 222 g/mol. The third-order valence-corrected chi connectivity index (χ3v) is 3.07. The quantitative estimate of drug-likeness (QED) is 0.704. The van der Waals surface area contributed by atoms with E-state index in [4.69, 9.17) is 4.74 Å². The average molecular weight is 222 g/mol. The van der Waals surface area contributed by atoms with Gasteiger partial charge in [-0.3, -0.25) is 0 Å². The minimum absolute atomic E-state index is 0.0322. The minimum atomic E-state index is 0.0322. The van der Waals surface area contributed by atoms with Crippen LogP contribution in [0.4, 0.5) is 0 Å². The molecule has 3 rings (SSSR count). The lowest BCUT2D eigenvalue weighted by molar-refractivity contribution is 0.250. The molecule has 0 fully saturated rings. The van der Waals surface area contributed by atoms with E-state index >= 15 is 0 Å². The number of benzene rings is 2. The Labute approximate surface area is 101 Å². The van der Waals surface area contributed by atoms with Gasteiger partial charge >= 0.3 is 0 Å². The first kappa shape index (κ1) is 10.2. The lowest BCUT2D eigenvalue weighted by Gasteiger charge is -2.23. The Balaban J connectivity index is 1.99. The summed E-state index contributed by atoms with van der Waals surface area (Å²) in [5, 5.41) is 0. The molecule has 17 heavy (non-hydrogen) atoms. The second kappa shape index (κ2) is 4.10. The van der Waals surface area contributed by atoms with Crippen LogP contribution in [0.1, 0.15) is 22.8 Å². The Bertz CT molecular complexity index is 555. The molecule has 0 saturated heterocycles. The molecule has 0 saturated carbocycles. The Morgan fingerprint density at radius 2 is 1.76 bits per heavy atom. The Morgan fingerprint density at radius 1 is 0.941 bits per heavy atom. The second-order valence-electron chi connectivity index (χ2n) is 4.30. The van der Waals surface area contributed by atoms with Crippen LogP contribution in [-0.2, 0) is 0 Å². The maximum atomic E-state index is 6.06. The van der Waals surface area contributed by atoms with Gasteiger partial charge in [-0.1, -0.05) is 54.6 Å². The molecule has 0 unspecified atom stereocenters. The van der Waals surface area contributed by atoms with Crippen molar-refractivity contribution in [2.24, 2.45) is 0 Å². The lowest BCUT2D eigenvalue weighted by atomic mass is 10.0. The number of fused-ring (bicyclic) bond motifs is 1. The van der Waals surface area contributed by atoms with Crippen molar-refractivity contribution in [3.63, 3.8) is 0 Å². The third-order valence-electron chi connectivity index (χ3n) is 3.07. The largest absolute Gasteiger partial charge is 0.481 e. The molecule has 1 heterocycles. The van der Waals surface area contributed by atoms with Gasteiger partial charge in [0.05, 0.1) is 0 Å². The number of hydrogen-bond acceptors (Lipinski definition) is 1. The number of rotatable bonds is 1. The lowest BCUT2D eigenvalue weighted by Crippen LogP contribution is -2.09. The first-order valence-corrected chi connectivity index (χ1v) is 5.84. The predicted molar refractivity (Wildman–Crippen MR) is 70.0 cm³/mol. The van der Waals surface area contributed by atoms with Crippen molar-refractivity contribution in [2.75, 3.05) is 0 Å². The molecule has 1 nitrogen and oxygen atoms in total. The van der Waals surface area contributed by atoms with Crippen molar-refractivity contribution >= 4 is 6.08 Å². The fourth-order valence-corrected chi connectivity index (χ4v) is 2.15. The number of ether oxygens (including phenoxy) is 1. The summed E-state index contributed by atoms with van der Waals surface area (Å²) in [6, 6.07) is 16.5. The third kappa shape index (κ3) is 1.84. The summed E-state index contributed by atoms with van der Waals surface area (Å²) in [5.74, 6) is 1.00. The Kier molecular flexibility index (Phi) is 2.45. The highest BCUT2D eigenvalue weighted by Gasteiger charge is 2.17. The normalized spacial score (nSPS) is 17.4. The van der Waals surface area contributed by atoms with Crippen LogP contribution >= 0.6 is 0 Å². The summed E-state index contributed by atoms with van der Waals surface area (Å²) in [7, 11) is 0. The van der Waals surface area contributed by atoms with Gasteiger partial charge < -0.3 is 4.74 Å². The molecule has 1 aliphatic rings. The summed E-state index contributed by atoms with van der Waals surface area (Å²) < 4.78 is 6.06. The fourth-order valence-electron chi connectivity index (χ4n) is 2.15. The first-order valence-electron chi connectivity index (χ1n) is 5.84. The molecule has 0 aliphatic carbocycles.